The van der Waals surface area contributed by atoms with E-state index in [2.05, 4.69) is 12.2 Å². The SMILES string of the molecule is CCCNC1CCCCC(Cc2ccc(F)c(Cl)c2)C1. The van der Waals surface area contributed by atoms with E-state index in [1.165, 1.54) is 44.6 Å². The van der Waals surface area contributed by atoms with E-state index < -0.39 is 0 Å². The molecule has 2 unspecified atom stereocenters. The average Bonchev–Trinajstić information content (AvgIpc) is 2.66. The minimum absolute atomic E-state index is 0.247. The van der Waals surface area contributed by atoms with Crippen molar-refractivity contribution in [2.24, 2.45) is 5.92 Å². The first-order chi connectivity index (χ1) is 9.69. The summed E-state index contributed by atoms with van der Waals surface area (Å²) in [5.41, 5.74) is 1.16. The highest BCUT2D eigenvalue weighted by Gasteiger charge is 2.20. The van der Waals surface area contributed by atoms with E-state index in [4.69, 9.17) is 11.6 Å². The smallest absolute Gasteiger partial charge is 0.141 e. The van der Waals surface area contributed by atoms with Crippen molar-refractivity contribution in [3.8, 4) is 0 Å². The fourth-order valence-corrected chi connectivity index (χ4v) is 3.38. The molecule has 0 saturated heterocycles. The molecule has 0 aliphatic heterocycles. The summed E-state index contributed by atoms with van der Waals surface area (Å²) in [5, 5.41) is 3.91. The Kier molecular flexibility index (Phi) is 6.31. The first kappa shape index (κ1) is 15.8. The van der Waals surface area contributed by atoms with Crippen LogP contribution in [-0.4, -0.2) is 12.6 Å². The van der Waals surface area contributed by atoms with Crippen LogP contribution in [0.2, 0.25) is 5.02 Å². The van der Waals surface area contributed by atoms with E-state index in [9.17, 15) is 4.39 Å². The molecule has 20 heavy (non-hydrogen) atoms. The van der Waals surface area contributed by atoms with Crippen molar-refractivity contribution in [2.45, 2.75) is 57.9 Å². The Balaban J connectivity index is 1.94. The summed E-state index contributed by atoms with van der Waals surface area (Å²) in [4.78, 5) is 0. The highest BCUT2D eigenvalue weighted by molar-refractivity contribution is 6.30. The van der Waals surface area contributed by atoms with E-state index in [0.29, 0.717) is 12.0 Å². The van der Waals surface area contributed by atoms with Gasteiger partial charge in [-0.25, -0.2) is 4.39 Å². The number of benzene rings is 1. The second-order valence-corrected chi connectivity index (χ2v) is 6.40. The van der Waals surface area contributed by atoms with Crippen LogP contribution in [0.5, 0.6) is 0 Å². The predicted octanol–water partition coefficient (Wildman–Crippen LogP) is 4.97. The first-order valence-electron chi connectivity index (χ1n) is 7.86. The Morgan fingerprint density at radius 3 is 2.85 bits per heavy atom. The fraction of sp³-hybridized carbons (Fsp3) is 0.647. The summed E-state index contributed by atoms with van der Waals surface area (Å²) < 4.78 is 13.2. The second kappa shape index (κ2) is 7.99. The first-order valence-corrected chi connectivity index (χ1v) is 8.24. The number of rotatable bonds is 5. The minimum Gasteiger partial charge on any atom is -0.314 e. The summed E-state index contributed by atoms with van der Waals surface area (Å²) in [6.45, 7) is 3.32. The summed E-state index contributed by atoms with van der Waals surface area (Å²) in [6.07, 6.45) is 8.64. The van der Waals surface area contributed by atoms with Crippen molar-refractivity contribution in [3.63, 3.8) is 0 Å². The molecular weight excluding hydrogens is 273 g/mol. The summed E-state index contributed by atoms with van der Waals surface area (Å²) in [7, 11) is 0. The van der Waals surface area contributed by atoms with Gasteiger partial charge in [0.2, 0.25) is 0 Å². The van der Waals surface area contributed by atoms with Crippen molar-refractivity contribution in [1.82, 2.24) is 5.32 Å². The topological polar surface area (TPSA) is 12.0 Å². The third-order valence-corrected chi connectivity index (χ3v) is 4.51. The maximum absolute atomic E-state index is 13.2. The molecule has 1 nitrogen and oxygen atoms in total. The van der Waals surface area contributed by atoms with Gasteiger partial charge in [-0.3, -0.25) is 0 Å². The van der Waals surface area contributed by atoms with Crippen molar-refractivity contribution in [2.75, 3.05) is 6.54 Å². The molecule has 1 fully saturated rings. The molecule has 1 aliphatic carbocycles. The number of halogens is 2. The van der Waals surface area contributed by atoms with Gasteiger partial charge in [0.25, 0.3) is 0 Å². The maximum atomic E-state index is 13.2. The van der Waals surface area contributed by atoms with Crippen LogP contribution in [0.3, 0.4) is 0 Å². The molecule has 0 amide bonds. The zero-order valence-corrected chi connectivity index (χ0v) is 13.1. The molecule has 3 heteroatoms. The summed E-state index contributed by atoms with van der Waals surface area (Å²) >= 11 is 5.87. The molecule has 0 radical (unpaired) electrons. The Bertz CT molecular complexity index is 421. The van der Waals surface area contributed by atoms with Crippen molar-refractivity contribution >= 4 is 11.6 Å². The molecule has 2 atom stereocenters. The van der Waals surface area contributed by atoms with E-state index in [0.717, 1.165) is 18.5 Å². The summed E-state index contributed by atoms with van der Waals surface area (Å²) in [6, 6.07) is 5.80. The Hall–Kier alpha value is -0.600. The van der Waals surface area contributed by atoms with Crippen molar-refractivity contribution in [1.29, 1.82) is 0 Å². The van der Waals surface area contributed by atoms with Gasteiger partial charge in [0.1, 0.15) is 5.82 Å². The van der Waals surface area contributed by atoms with Gasteiger partial charge >= 0.3 is 0 Å². The van der Waals surface area contributed by atoms with Crippen molar-refractivity contribution < 1.29 is 4.39 Å². The van der Waals surface area contributed by atoms with Gasteiger partial charge in [0.05, 0.1) is 5.02 Å². The third kappa shape index (κ3) is 4.75. The molecule has 1 N–H and O–H groups in total. The standard InChI is InChI=1S/C17H25ClFN/c1-2-9-20-15-6-4-3-5-13(11-15)10-14-7-8-17(19)16(18)12-14/h7-8,12-13,15,20H,2-6,9-11H2,1H3. The second-order valence-electron chi connectivity index (χ2n) is 5.99. The lowest BCUT2D eigenvalue weighted by atomic mass is 9.91. The van der Waals surface area contributed by atoms with Gasteiger partial charge in [-0.15, -0.1) is 0 Å². The zero-order chi connectivity index (χ0) is 14.4. The minimum atomic E-state index is -0.321. The van der Waals surface area contributed by atoms with Gasteiger partial charge in [-0.05, 0) is 55.8 Å². The maximum Gasteiger partial charge on any atom is 0.141 e. The van der Waals surface area contributed by atoms with Crippen LogP contribution >= 0.6 is 11.6 Å². The fourth-order valence-electron chi connectivity index (χ4n) is 3.18. The van der Waals surface area contributed by atoms with Gasteiger partial charge in [0.15, 0.2) is 0 Å². The highest BCUT2D eigenvalue weighted by Crippen LogP contribution is 2.27. The predicted molar refractivity (Wildman–Crippen MR) is 83.8 cm³/mol. The molecule has 0 heterocycles. The van der Waals surface area contributed by atoms with Crippen LogP contribution in [0.1, 0.15) is 51.0 Å². The normalized spacial score (nSPS) is 23.6. The van der Waals surface area contributed by atoms with Crippen LogP contribution in [0.4, 0.5) is 4.39 Å². The Morgan fingerprint density at radius 2 is 2.10 bits per heavy atom. The van der Waals surface area contributed by atoms with E-state index >= 15 is 0 Å². The molecule has 1 aliphatic rings. The monoisotopic (exact) mass is 297 g/mol. The largest absolute Gasteiger partial charge is 0.314 e. The van der Waals surface area contributed by atoms with Gasteiger partial charge in [-0.1, -0.05) is 43.9 Å². The summed E-state index contributed by atoms with van der Waals surface area (Å²) in [5.74, 6) is 0.368. The quantitative estimate of drug-likeness (QED) is 0.757. The average molecular weight is 298 g/mol. The molecule has 0 bridgehead atoms. The lowest BCUT2D eigenvalue weighted by Gasteiger charge is -2.21. The van der Waals surface area contributed by atoms with Gasteiger partial charge < -0.3 is 5.32 Å². The number of hydrogen-bond donors (Lipinski definition) is 1. The molecule has 0 aromatic heterocycles. The highest BCUT2D eigenvalue weighted by atomic mass is 35.5. The molecule has 1 aromatic rings. The van der Waals surface area contributed by atoms with Crippen LogP contribution in [0.15, 0.2) is 18.2 Å². The molecule has 112 valence electrons. The lowest BCUT2D eigenvalue weighted by molar-refractivity contribution is 0.384. The number of nitrogens with one attached hydrogen (secondary N) is 1. The van der Waals surface area contributed by atoms with Crippen LogP contribution in [0.25, 0.3) is 0 Å². The van der Waals surface area contributed by atoms with E-state index in [1.807, 2.05) is 6.07 Å². The van der Waals surface area contributed by atoms with E-state index in [1.54, 1.807) is 6.07 Å². The third-order valence-electron chi connectivity index (χ3n) is 4.22. The lowest BCUT2D eigenvalue weighted by Crippen LogP contribution is -2.31. The Labute approximate surface area is 126 Å². The molecule has 1 aromatic carbocycles. The molecule has 2 rings (SSSR count). The molecule has 0 spiro atoms. The zero-order valence-electron chi connectivity index (χ0n) is 12.3. The van der Waals surface area contributed by atoms with E-state index in [-0.39, 0.29) is 10.8 Å². The van der Waals surface area contributed by atoms with Gasteiger partial charge in [-0.2, -0.15) is 0 Å². The van der Waals surface area contributed by atoms with Crippen LogP contribution in [-0.2, 0) is 6.42 Å². The van der Waals surface area contributed by atoms with Crippen LogP contribution < -0.4 is 5.32 Å². The molecular formula is C17H25ClFN. The molecule has 1 saturated carbocycles. The van der Waals surface area contributed by atoms with Crippen LogP contribution in [0, 0.1) is 11.7 Å². The van der Waals surface area contributed by atoms with Gasteiger partial charge in [0, 0.05) is 6.04 Å². The Morgan fingerprint density at radius 1 is 1.30 bits per heavy atom. The number of hydrogen-bond acceptors (Lipinski definition) is 1. The van der Waals surface area contributed by atoms with Crippen molar-refractivity contribution in [3.05, 3.63) is 34.6 Å².